The van der Waals surface area contributed by atoms with Crippen LogP contribution in [0.25, 0.3) is 11.1 Å². The van der Waals surface area contributed by atoms with Crippen LogP contribution in [0.4, 0.5) is 0 Å². The predicted molar refractivity (Wildman–Crippen MR) is 129 cm³/mol. The molecule has 3 aromatic rings. The summed E-state index contributed by atoms with van der Waals surface area (Å²) in [6, 6.07) is 21.9. The molecule has 3 N–H and O–H groups in total. The fraction of sp³-hybridized carbons (Fsp3) is 0.174. The van der Waals surface area contributed by atoms with Gasteiger partial charge >= 0.3 is 0 Å². The van der Waals surface area contributed by atoms with Crippen LogP contribution in [0, 0.1) is 0 Å². The largest absolute Gasteiger partial charge is 0.274 e. The molecule has 1 heterocycles. The van der Waals surface area contributed by atoms with Gasteiger partial charge in [-0.2, -0.15) is 11.8 Å². The summed E-state index contributed by atoms with van der Waals surface area (Å²) in [6.07, 6.45) is -0.0390. The lowest BCUT2D eigenvalue weighted by molar-refractivity contribution is -0.118. The Morgan fingerprint density at radius 1 is 0.848 bits per heavy atom. The Morgan fingerprint density at radius 2 is 1.33 bits per heavy atom. The smallest absolute Gasteiger partial charge is 0.242 e. The Morgan fingerprint density at radius 3 is 1.79 bits per heavy atom. The predicted octanol–water partition coefficient (Wildman–Crippen LogP) is 3.33. The number of rotatable bonds is 7. The standard InChI is InChI=1S/C23H22N2O5S3/c24-32(27,28)21-11-9-19(10-12-21)18-5-1-16(2-6-18)14-31-15-17-3-7-20(8-4-17)22-13-23(26)25-33(22,29)30/h1-12,22H,13-15H2,(H,25,26)(H2,24,27,28). The number of benzene rings is 3. The minimum absolute atomic E-state index is 0.0390. The van der Waals surface area contributed by atoms with Crippen LogP contribution in [0.1, 0.15) is 28.4 Å². The van der Waals surface area contributed by atoms with Crippen molar-refractivity contribution < 1.29 is 21.6 Å². The average molecular weight is 503 g/mol. The third kappa shape index (κ3) is 5.64. The van der Waals surface area contributed by atoms with Crippen molar-refractivity contribution in [2.45, 2.75) is 28.1 Å². The number of amides is 1. The van der Waals surface area contributed by atoms with E-state index in [0.717, 1.165) is 33.8 Å². The summed E-state index contributed by atoms with van der Waals surface area (Å²) in [5.74, 6) is 1.11. The molecule has 0 radical (unpaired) electrons. The molecule has 3 aromatic carbocycles. The van der Waals surface area contributed by atoms with E-state index >= 15 is 0 Å². The molecule has 4 rings (SSSR count). The van der Waals surface area contributed by atoms with Gasteiger partial charge in [-0.25, -0.2) is 22.0 Å². The van der Waals surface area contributed by atoms with Crippen molar-refractivity contribution in [3.8, 4) is 11.1 Å². The van der Waals surface area contributed by atoms with Crippen molar-refractivity contribution in [3.63, 3.8) is 0 Å². The van der Waals surface area contributed by atoms with E-state index in [4.69, 9.17) is 5.14 Å². The van der Waals surface area contributed by atoms with Crippen LogP contribution in [0.2, 0.25) is 0 Å². The van der Waals surface area contributed by atoms with Gasteiger partial charge in [-0.15, -0.1) is 0 Å². The van der Waals surface area contributed by atoms with Gasteiger partial charge in [0.25, 0.3) is 0 Å². The van der Waals surface area contributed by atoms with Gasteiger partial charge in [0.1, 0.15) is 5.25 Å². The Bertz CT molecular complexity index is 1370. The maximum atomic E-state index is 12.0. The number of sulfonamides is 2. The molecule has 33 heavy (non-hydrogen) atoms. The summed E-state index contributed by atoms with van der Waals surface area (Å²) in [5.41, 5.74) is 4.74. The highest BCUT2D eigenvalue weighted by molar-refractivity contribution is 7.97. The molecule has 0 aliphatic carbocycles. The summed E-state index contributed by atoms with van der Waals surface area (Å²) in [6.45, 7) is 0. The Kier molecular flexibility index (Phi) is 6.62. The lowest BCUT2D eigenvalue weighted by Crippen LogP contribution is -2.21. The van der Waals surface area contributed by atoms with E-state index in [1.165, 1.54) is 12.1 Å². The molecule has 0 aromatic heterocycles. The van der Waals surface area contributed by atoms with Gasteiger partial charge in [0.2, 0.25) is 26.0 Å². The topological polar surface area (TPSA) is 123 Å². The fourth-order valence-corrected chi connectivity index (χ4v) is 6.50. The Balaban J connectivity index is 1.32. The van der Waals surface area contributed by atoms with Crippen LogP contribution >= 0.6 is 11.8 Å². The SMILES string of the molecule is NS(=O)(=O)c1ccc(-c2ccc(CSCc3ccc(C4CC(=O)NS4(=O)=O)cc3)cc2)cc1. The maximum absolute atomic E-state index is 12.0. The van der Waals surface area contributed by atoms with Gasteiger partial charge in [0.15, 0.2) is 0 Å². The van der Waals surface area contributed by atoms with Gasteiger partial charge in [0.05, 0.1) is 11.3 Å². The molecule has 0 spiro atoms. The first kappa shape index (κ1) is 23.5. The van der Waals surface area contributed by atoms with Gasteiger partial charge in [-0.3, -0.25) is 9.52 Å². The van der Waals surface area contributed by atoms with Crippen molar-refractivity contribution >= 4 is 37.7 Å². The minimum Gasteiger partial charge on any atom is -0.274 e. The molecule has 7 nitrogen and oxygen atoms in total. The monoisotopic (exact) mass is 502 g/mol. The van der Waals surface area contributed by atoms with Crippen molar-refractivity contribution in [2.75, 3.05) is 0 Å². The first-order valence-electron chi connectivity index (χ1n) is 10.0. The fourth-order valence-electron chi connectivity index (χ4n) is 3.59. The summed E-state index contributed by atoms with van der Waals surface area (Å²) >= 11 is 1.74. The summed E-state index contributed by atoms with van der Waals surface area (Å²) < 4.78 is 48.8. The van der Waals surface area contributed by atoms with Crippen molar-refractivity contribution in [3.05, 3.63) is 89.5 Å². The molecule has 0 saturated carbocycles. The molecule has 1 atom stereocenters. The van der Waals surface area contributed by atoms with Crippen molar-refractivity contribution in [2.24, 2.45) is 5.14 Å². The first-order chi connectivity index (χ1) is 15.6. The number of carbonyl (C=O) groups excluding carboxylic acids is 1. The molecule has 172 valence electrons. The van der Waals surface area contributed by atoms with Gasteiger partial charge in [-0.05, 0) is 39.9 Å². The normalized spacial score (nSPS) is 17.6. The zero-order valence-corrected chi connectivity index (χ0v) is 19.9. The lowest BCUT2D eigenvalue weighted by Gasteiger charge is -2.09. The first-order valence-corrected chi connectivity index (χ1v) is 14.3. The van der Waals surface area contributed by atoms with Crippen molar-refractivity contribution in [1.82, 2.24) is 4.72 Å². The van der Waals surface area contributed by atoms with E-state index in [0.29, 0.717) is 5.56 Å². The lowest BCUT2D eigenvalue weighted by atomic mass is 10.0. The van der Waals surface area contributed by atoms with Crippen LogP contribution in [-0.4, -0.2) is 22.7 Å². The number of primary sulfonamides is 1. The molecule has 10 heteroatoms. The van der Waals surface area contributed by atoms with Gasteiger partial charge in [0, 0.05) is 11.5 Å². The highest BCUT2D eigenvalue weighted by atomic mass is 32.2. The molecular formula is C23H22N2O5S3. The summed E-state index contributed by atoms with van der Waals surface area (Å²) in [7, 11) is -7.33. The molecule has 1 amide bonds. The zero-order chi connectivity index (χ0) is 23.6. The van der Waals surface area contributed by atoms with Crippen LogP contribution < -0.4 is 9.86 Å². The summed E-state index contributed by atoms with van der Waals surface area (Å²) in [5, 5.41) is 4.32. The summed E-state index contributed by atoms with van der Waals surface area (Å²) in [4.78, 5) is 11.5. The van der Waals surface area contributed by atoms with E-state index in [2.05, 4.69) is 0 Å². The Hall–Kier alpha value is -2.66. The van der Waals surface area contributed by atoms with E-state index in [1.807, 2.05) is 41.1 Å². The molecule has 0 bridgehead atoms. The number of hydrogen-bond donors (Lipinski definition) is 2. The van der Waals surface area contributed by atoms with Crippen LogP contribution in [-0.2, 0) is 36.3 Å². The number of nitrogens with two attached hydrogens (primary N) is 1. The maximum Gasteiger partial charge on any atom is 0.242 e. The number of hydrogen-bond acceptors (Lipinski definition) is 6. The number of nitrogens with one attached hydrogen (secondary N) is 1. The third-order valence-electron chi connectivity index (χ3n) is 5.36. The second-order valence-corrected chi connectivity index (χ2v) is 12.2. The second kappa shape index (κ2) is 9.30. The van der Waals surface area contributed by atoms with E-state index in [-0.39, 0.29) is 11.3 Å². The molecule has 1 saturated heterocycles. The van der Waals surface area contributed by atoms with Crippen LogP contribution in [0.3, 0.4) is 0 Å². The molecule has 1 fully saturated rings. The highest BCUT2D eigenvalue weighted by Crippen LogP contribution is 2.30. The molecular weight excluding hydrogens is 480 g/mol. The third-order valence-corrected chi connectivity index (χ3v) is 9.06. The van der Waals surface area contributed by atoms with Gasteiger partial charge in [-0.1, -0.05) is 60.7 Å². The average Bonchev–Trinajstić information content (AvgIpc) is 3.06. The van der Waals surface area contributed by atoms with E-state index in [1.54, 1.807) is 36.0 Å². The van der Waals surface area contributed by atoms with E-state index < -0.39 is 31.2 Å². The number of carbonyl (C=O) groups is 1. The number of thioether (sulfide) groups is 1. The van der Waals surface area contributed by atoms with Crippen LogP contribution in [0.15, 0.2) is 77.7 Å². The molecule has 1 aliphatic rings. The quantitative estimate of drug-likeness (QED) is 0.511. The van der Waals surface area contributed by atoms with Gasteiger partial charge < -0.3 is 0 Å². The van der Waals surface area contributed by atoms with E-state index in [9.17, 15) is 21.6 Å². The van der Waals surface area contributed by atoms with Crippen LogP contribution in [0.5, 0.6) is 0 Å². The van der Waals surface area contributed by atoms with Crippen molar-refractivity contribution in [1.29, 1.82) is 0 Å². The highest BCUT2D eigenvalue weighted by Gasteiger charge is 2.37. The molecule has 1 aliphatic heterocycles. The molecule has 1 unspecified atom stereocenters. The Labute approximate surface area is 197 Å². The minimum atomic E-state index is -3.70. The zero-order valence-electron chi connectivity index (χ0n) is 17.5. The second-order valence-electron chi connectivity index (χ2n) is 7.76.